The van der Waals surface area contributed by atoms with Crippen LogP contribution in [0.3, 0.4) is 0 Å². The number of rotatable bonds is 0. The molecule has 1 heteroatoms. The van der Waals surface area contributed by atoms with Crippen LogP contribution >= 0.6 is 0 Å². The molecule has 128 valence electrons. The highest BCUT2D eigenvalue weighted by atomic mass is 28.3. The fourth-order valence-corrected chi connectivity index (χ4v) is 10.9. The summed E-state index contributed by atoms with van der Waals surface area (Å²) in [5.74, 6) is 0. The summed E-state index contributed by atoms with van der Waals surface area (Å²) in [6.07, 6.45) is 0. The monoisotopic (exact) mass is 360 g/mol. The normalized spacial score (nSPS) is 14.6. The van der Waals surface area contributed by atoms with Gasteiger partial charge >= 0.3 is 0 Å². The van der Waals surface area contributed by atoms with Crippen LogP contribution in [0.1, 0.15) is 11.1 Å². The van der Waals surface area contributed by atoms with Gasteiger partial charge in [0.15, 0.2) is 8.07 Å². The number of aryl methyl sites for hydroxylation is 2. The van der Waals surface area contributed by atoms with Crippen LogP contribution < -0.4 is 20.7 Å². The Labute approximate surface area is 161 Å². The molecule has 0 saturated carbocycles. The Bertz CT molecular complexity index is 1150. The molecule has 0 N–H and O–H groups in total. The van der Waals surface area contributed by atoms with E-state index in [1.54, 1.807) is 20.7 Å². The molecule has 0 aromatic heterocycles. The van der Waals surface area contributed by atoms with Gasteiger partial charge < -0.3 is 0 Å². The quantitative estimate of drug-likeness (QED) is 0.363. The second-order valence-electron chi connectivity index (χ2n) is 7.94. The first kappa shape index (κ1) is 15.2. The molecule has 2 aliphatic rings. The first-order valence-electron chi connectivity index (χ1n) is 9.63. The molecule has 6 rings (SSSR count). The molecule has 2 heterocycles. The summed E-state index contributed by atoms with van der Waals surface area (Å²) in [6.45, 7) is 4.41. The third-order valence-electron chi connectivity index (χ3n) is 6.40. The molecule has 1 spiro atoms. The first-order valence-corrected chi connectivity index (χ1v) is 11.6. The van der Waals surface area contributed by atoms with E-state index in [0.29, 0.717) is 0 Å². The zero-order valence-electron chi connectivity index (χ0n) is 15.6. The minimum atomic E-state index is -2.20. The van der Waals surface area contributed by atoms with Gasteiger partial charge in [-0.25, -0.2) is 0 Å². The van der Waals surface area contributed by atoms with Crippen LogP contribution in [-0.2, 0) is 0 Å². The van der Waals surface area contributed by atoms with E-state index in [0.717, 1.165) is 0 Å². The lowest BCUT2D eigenvalue weighted by Crippen LogP contribution is -2.70. The predicted octanol–water partition coefficient (Wildman–Crippen LogP) is 3.64. The van der Waals surface area contributed by atoms with Gasteiger partial charge in [-0.3, -0.25) is 0 Å². The van der Waals surface area contributed by atoms with Gasteiger partial charge in [0.2, 0.25) is 0 Å². The van der Waals surface area contributed by atoms with E-state index in [1.165, 1.54) is 33.4 Å². The number of hydrogen-bond donors (Lipinski definition) is 0. The molecule has 0 aliphatic carbocycles. The zero-order valence-corrected chi connectivity index (χ0v) is 16.6. The number of benzene rings is 4. The molecule has 0 atom stereocenters. The summed E-state index contributed by atoms with van der Waals surface area (Å²) in [5.41, 5.74) is 8.44. The number of hydrogen-bond acceptors (Lipinski definition) is 0. The van der Waals surface area contributed by atoms with E-state index in [4.69, 9.17) is 0 Å². The third kappa shape index (κ3) is 1.73. The van der Waals surface area contributed by atoms with Crippen LogP contribution in [0.4, 0.5) is 0 Å². The summed E-state index contributed by atoms with van der Waals surface area (Å²) < 4.78 is 0. The molecule has 0 amide bonds. The fraction of sp³-hybridized carbons (Fsp3) is 0.0769. The maximum atomic E-state index is 2.42. The largest absolute Gasteiger partial charge is 0.182 e. The maximum absolute atomic E-state index is 2.42. The van der Waals surface area contributed by atoms with Crippen molar-refractivity contribution in [1.29, 1.82) is 0 Å². The highest BCUT2D eigenvalue weighted by molar-refractivity contribution is 7.24. The topological polar surface area (TPSA) is 0 Å². The van der Waals surface area contributed by atoms with Crippen LogP contribution in [0.5, 0.6) is 0 Å². The van der Waals surface area contributed by atoms with Gasteiger partial charge in [0, 0.05) is 0 Å². The Hall–Kier alpha value is -2.90. The van der Waals surface area contributed by atoms with Crippen LogP contribution in [0.2, 0.25) is 0 Å². The van der Waals surface area contributed by atoms with Crippen LogP contribution in [0.25, 0.3) is 22.3 Å². The van der Waals surface area contributed by atoms with Crippen molar-refractivity contribution >= 4 is 28.8 Å². The molecule has 2 aliphatic heterocycles. The van der Waals surface area contributed by atoms with E-state index < -0.39 is 8.07 Å². The highest BCUT2D eigenvalue weighted by Crippen LogP contribution is 2.36. The van der Waals surface area contributed by atoms with Crippen molar-refractivity contribution < 1.29 is 0 Å². The second kappa shape index (κ2) is 5.08. The molecular weight excluding hydrogens is 340 g/mol. The van der Waals surface area contributed by atoms with Crippen LogP contribution in [0.15, 0.2) is 84.9 Å². The summed E-state index contributed by atoms with van der Waals surface area (Å²) in [7, 11) is -2.20. The summed E-state index contributed by atoms with van der Waals surface area (Å²) in [6, 6.07) is 32.5. The molecule has 0 saturated heterocycles. The Morgan fingerprint density at radius 1 is 0.444 bits per heavy atom. The Balaban J connectivity index is 1.86. The van der Waals surface area contributed by atoms with Gasteiger partial charge in [-0.1, -0.05) is 96.1 Å². The van der Waals surface area contributed by atoms with Gasteiger partial charge in [-0.2, -0.15) is 0 Å². The minimum absolute atomic E-state index is 1.34. The smallest absolute Gasteiger partial charge is 0.0623 e. The number of fused-ring (bicyclic) bond motifs is 10. The maximum Gasteiger partial charge on any atom is 0.182 e. The average Bonchev–Trinajstić information content (AvgIpc) is 3.14. The summed E-state index contributed by atoms with van der Waals surface area (Å²) in [5, 5.41) is 6.23. The van der Waals surface area contributed by atoms with Crippen LogP contribution in [0, 0.1) is 13.8 Å². The van der Waals surface area contributed by atoms with Crippen molar-refractivity contribution in [2.45, 2.75) is 13.8 Å². The highest BCUT2D eigenvalue weighted by Gasteiger charge is 2.53. The van der Waals surface area contributed by atoms with Crippen molar-refractivity contribution in [3.8, 4) is 22.3 Å². The van der Waals surface area contributed by atoms with Gasteiger partial charge in [-0.15, -0.1) is 0 Å². The molecule has 4 aromatic carbocycles. The van der Waals surface area contributed by atoms with Gasteiger partial charge in [0.05, 0.1) is 0 Å². The van der Waals surface area contributed by atoms with E-state index in [2.05, 4.69) is 98.8 Å². The molecule has 4 aromatic rings. The molecule has 0 nitrogen and oxygen atoms in total. The van der Waals surface area contributed by atoms with Gasteiger partial charge in [0.25, 0.3) is 0 Å². The Kier molecular flexibility index (Phi) is 2.86. The second-order valence-corrected chi connectivity index (χ2v) is 11.6. The average molecular weight is 361 g/mol. The molecule has 0 unspecified atom stereocenters. The van der Waals surface area contributed by atoms with E-state index in [9.17, 15) is 0 Å². The Morgan fingerprint density at radius 3 is 1.33 bits per heavy atom. The molecule has 0 fully saturated rings. The minimum Gasteiger partial charge on any atom is -0.0623 e. The van der Waals surface area contributed by atoms with Crippen molar-refractivity contribution in [2.75, 3.05) is 0 Å². The Morgan fingerprint density at radius 2 is 0.852 bits per heavy atom. The van der Waals surface area contributed by atoms with E-state index in [1.807, 2.05) is 0 Å². The predicted molar refractivity (Wildman–Crippen MR) is 118 cm³/mol. The van der Waals surface area contributed by atoms with E-state index in [-0.39, 0.29) is 0 Å². The SMILES string of the molecule is Cc1ccc2c(c1)-c1cc(C)ccc1[Si]21c2ccccc2-c2ccccc21. The standard InChI is InChI=1S/C26H20Si/c1-17-11-13-25-21(15-17)22-16-18(2)12-14-26(22)27(25)23-9-5-3-7-19(23)20-8-4-6-10-24(20)27/h3-16H,1-2H3. The van der Waals surface area contributed by atoms with E-state index >= 15 is 0 Å². The lowest BCUT2D eigenvalue weighted by molar-refractivity contribution is 1.47. The van der Waals surface area contributed by atoms with Crippen LogP contribution in [-0.4, -0.2) is 8.07 Å². The molecular formula is C26H20Si. The lowest BCUT2D eigenvalue weighted by Gasteiger charge is -2.27. The summed E-state index contributed by atoms with van der Waals surface area (Å²) >= 11 is 0. The fourth-order valence-electron chi connectivity index (χ4n) is 5.38. The summed E-state index contributed by atoms with van der Waals surface area (Å²) in [4.78, 5) is 0. The van der Waals surface area contributed by atoms with Crippen molar-refractivity contribution in [1.82, 2.24) is 0 Å². The third-order valence-corrected chi connectivity index (χ3v) is 11.4. The van der Waals surface area contributed by atoms with Gasteiger partial charge in [0.1, 0.15) is 0 Å². The zero-order chi connectivity index (χ0) is 18.2. The van der Waals surface area contributed by atoms with Crippen molar-refractivity contribution in [3.05, 3.63) is 96.1 Å². The van der Waals surface area contributed by atoms with Crippen molar-refractivity contribution in [2.24, 2.45) is 0 Å². The first-order chi connectivity index (χ1) is 13.2. The molecule has 0 radical (unpaired) electrons. The molecule has 0 bridgehead atoms. The lowest BCUT2D eigenvalue weighted by atomic mass is 10.0. The molecule has 27 heavy (non-hydrogen) atoms. The van der Waals surface area contributed by atoms with Crippen molar-refractivity contribution in [3.63, 3.8) is 0 Å². The van der Waals surface area contributed by atoms with Gasteiger partial charge in [-0.05, 0) is 56.8 Å².